The zero-order chi connectivity index (χ0) is 12.1. The van der Waals surface area contributed by atoms with Gasteiger partial charge in [-0.3, -0.25) is 10.1 Å². The highest BCUT2D eigenvalue weighted by Crippen LogP contribution is 2.16. The topological polar surface area (TPSA) is 54.9 Å². The Kier molecular flexibility index (Phi) is 3.25. The fourth-order valence-corrected chi connectivity index (χ4v) is 1.35. The minimum Gasteiger partial charge on any atom is -0.291 e. The summed E-state index contributed by atoms with van der Waals surface area (Å²) in [5.41, 5.74) is 1.74. The first-order valence-electron chi connectivity index (χ1n) is 5.11. The van der Waals surface area contributed by atoms with Gasteiger partial charge in [0.15, 0.2) is 0 Å². The van der Waals surface area contributed by atoms with Crippen LogP contribution >= 0.6 is 0 Å². The SMILES string of the molecule is C=CC(=O)Nc1nccc(-c2ccccc2)n1. The molecule has 0 aliphatic carbocycles. The molecule has 0 bridgehead atoms. The fourth-order valence-electron chi connectivity index (χ4n) is 1.35. The van der Waals surface area contributed by atoms with Crippen molar-refractivity contribution in [1.82, 2.24) is 9.97 Å². The summed E-state index contributed by atoms with van der Waals surface area (Å²) in [6.45, 7) is 3.37. The Morgan fingerprint density at radius 2 is 2.00 bits per heavy atom. The first-order chi connectivity index (χ1) is 8.29. The molecule has 0 aliphatic heterocycles. The number of carbonyl (C=O) groups is 1. The molecule has 0 saturated carbocycles. The van der Waals surface area contributed by atoms with Gasteiger partial charge in [0.05, 0.1) is 5.69 Å². The van der Waals surface area contributed by atoms with Crippen LogP contribution in [-0.4, -0.2) is 15.9 Å². The highest BCUT2D eigenvalue weighted by atomic mass is 16.1. The summed E-state index contributed by atoms with van der Waals surface area (Å²) >= 11 is 0. The monoisotopic (exact) mass is 225 g/mol. The van der Waals surface area contributed by atoms with Gasteiger partial charge in [-0.25, -0.2) is 9.97 Å². The van der Waals surface area contributed by atoms with Gasteiger partial charge in [-0.05, 0) is 12.1 Å². The Morgan fingerprint density at radius 1 is 1.24 bits per heavy atom. The number of anilines is 1. The van der Waals surface area contributed by atoms with E-state index in [2.05, 4.69) is 21.9 Å². The van der Waals surface area contributed by atoms with E-state index in [0.29, 0.717) is 0 Å². The van der Waals surface area contributed by atoms with E-state index in [1.807, 2.05) is 30.3 Å². The quantitative estimate of drug-likeness (QED) is 0.815. The molecule has 0 atom stereocenters. The second kappa shape index (κ2) is 5.03. The number of hydrogen-bond acceptors (Lipinski definition) is 3. The molecule has 1 aromatic heterocycles. The number of rotatable bonds is 3. The standard InChI is InChI=1S/C13H11N3O/c1-2-12(17)16-13-14-9-8-11(15-13)10-6-4-3-5-7-10/h2-9H,1H2,(H,14,15,16,17). The van der Waals surface area contributed by atoms with Gasteiger partial charge in [-0.15, -0.1) is 0 Å². The predicted octanol–water partition coefficient (Wildman–Crippen LogP) is 2.27. The van der Waals surface area contributed by atoms with Gasteiger partial charge in [0.1, 0.15) is 0 Å². The zero-order valence-electron chi connectivity index (χ0n) is 9.13. The second-order valence-electron chi connectivity index (χ2n) is 3.32. The first-order valence-corrected chi connectivity index (χ1v) is 5.11. The zero-order valence-corrected chi connectivity index (χ0v) is 9.13. The fraction of sp³-hybridized carbons (Fsp3) is 0. The number of nitrogens with one attached hydrogen (secondary N) is 1. The highest BCUT2D eigenvalue weighted by Gasteiger charge is 2.03. The molecule has 4 heteroatoms. The van der Waals surface area contributed by atoms with Crippen LogP contribution in [0, 0.1) is 0 Å². The molecule has 84 valence electrons. The summed E-state index contributed by atoms with van der Waals surface area (Å²) in [4.78, 5) is 19.3. The van der Waals surface area contributed by atoms with Crippen molar-refractivity contribution in [3.63, 3.8) is 0 Å². The molecule has 0 radical (unpaired) electrons. The van der Waals surface area contributed by atoms with Crippen molar-refractivity contribution < 1.29 is 4.79 Å². The van der Waals surface area contributed by atoms with Crippen LogP contribution in [-0.2, 0) is 4.79 Å². The van der Waals surface area contributed by atoms with Gasteiger partial charge in [0.25, 0.3) is 0 Å². The molecule has 2 rings (SSSR count). The van der Waals surface area contributed by atoms with Gasteiger partial charge in [-0.2, -0.15) is 0 Å². The van der Waals surface area contributed by atoms with Crippen LogP contribution in [0.2, 0.25) is 0 Å². The maximum atomic E-state index is 11.1. The highest BCUT2D eigenvalue weighted by molar-refractivity contribution is 5.97. The van der Waals surface area contributed by atoms with Crippen LogP contribution in [0.15, 0.2) is 55.3 Å². The molecule has 1 heterocycles. The van der Waals surface area contributed by atoms with Crippen LogP contribution in [0.4, 0.5) is 5.95 Å². The molecule has 17 heavy (non-hydrogen) atoms. The number of aromatic nitrogens is 2. The number of nitrogens with zero attached hydrogens (tertiary/aromatic N) is 2. The lowest BCUT2D eigenvalue weighted by Crippen LogP contribution is -2.10. The Hall–Kier alpha value is -2.49. The summed E-state index contributed by atoms with van der Waals surface area (Å²) in [5, 5.41) is 2.52. The molecule has 4 nitrogen and oxygen atoms in total. The number of amides is 1. The lowest BCUT2D eigenvalue weighted by Gasteiger charge is -2.03. The van der Waals surface area contributed by atoms with E-state index >= 15 is 0 Å². The molecular formula is C13H11N3O. The largest absolute Gasteiger partial charge is 0.291 e. The molecular weight excluding hydrogens is 214 g/mol. The van der Waals surface area contributed by atoms with Crippen molar-refractivity contribution in [1.29, 1.82) is 0 Å². The van der Waals surface area contributed by atoms with Gasteiger partial charge in [-0.1, -0.05) is 36.9 Å². The molecule has 0 aliphatic rings. The average Bonchev–Trinajstić information content (AvgIpc) is 2.40. The summed E-state index contributed by atoms with van der Waals surface area (Å²) in [6, 6.07) is 11.5. The number of hydrogen-bond donors (Lipinski definition) is 1. The predicted molar refractivity (Wildman–Crippen MR) is 66.3 cm³/mol. The molecule has 0 saturated heterocycles. The van der Waals surface area contributed by atoms with Crippen molar-refractivity contribution in [3.8, 4) is 11.3 Å². The molecule has 1 amide bonds. The molecule has 0 unspecified atom stereocenters. The summed E-state index contributed by atoms with van der Waals surface area (Å²) < 4.78 is 0. The van der Waals surface area contributed by atoms with E-state index in [9.17, 15) is 4.79 Å². The van der Waals surface area contributed by atoms with Gasteiger partial charge >= 0.3 is 0 Å². The van der Waals surface area contributed by atoms with Crippen molar-refractivity contribution in [2.24, 2.45) is 0 Å². The summed E-state index contributed by atoms with van der Waals surface area (Å²) in [6.07, 6.45) is 2.78. The Labute approximate surface area is 99.0 Å². The van der Waals surface area contributed by atoms with E-state index in [4.69, 9.17) is 0 Å². The van der Waals surface area contributed by atoms with Crippen LogP contribution in [0.25, 0.3) is 11.3 Å². The normalized spacial score (nSPS) is 9.65. The van der Waals surface area contributed by atoms with E-state index in [0.717, 1.165) is 11.3 Å². The minimum atomic E-state index is -0.324. The van der Waals surface area contributed by atoms with Crippen molar-refractivity contribution in [2.45, 2.75) is 0 Å². The third-order valence-corrected chi connectivity index (χ3v) is 2.15. The molecule has 1 aromatic carbocycles. The van der Waals surface area contributed by atoms with Gasteiger partial charge < -0.3 is 0 Å². The van der Waals surface area contributed by atoms with E-state index < -0.39 is 0 Å². The maximum absolute atomic E-state index is 11.1. The Morgan fingerprint density at radius 3 is 2.71 bits per heavy atom. The first kappa shape index (κ1) is 11.0. The van der Waals surface area contributed by atoms with Crippen molar-refractivity contribution in [2.75, 3.05) is 5.32 Å². The smallest absolute Gasteiger partial charge is 0.250 e. The van der Waals surface area contributed by atoms with E-state index in [1.165, 1.54) is 6.08 Å². The van der Waals surface area contributed by atoms with Gasteiger partial charge in [0.2, 0.25) is 11.9 Å². The summed E-state index contributed by atoms with van der Waals surface area (Å²) in [7, 11) is 0. The Balaban J connectivity index is 2.29. The van der Waals surface area contributed by atoms with Crippen LogP contribution < -0.4 is 5.32 Å². The Bertz CT molecular complexity index is 537. The molecule has 1 N–H and O–H groups in total. The number of benzene rings is 1. The summed E-state index contributed by atoms with van der Waals surface area (Å²) in [5.74, 6) is -0.0496. The van der Waals surface area contributed by atoms with E-state index in [-0.39, 0.29) is 11.9 Å². The average molecular weight is 225 g/mol. The van der Waals surface area contributed by atoms with E-state index in [1.54, 1.807) is 12.3 Å². The number of carbonyl (C=O) groups excluding carboxylic acids is 1. The lowest BCUT2D eigenvalue weighted by molar-refractivity contribution is -0.111. The molecule has 0 fully saturated rings. The maximum Gasteiger partial charge on any atom is 0.250 e. The lowest BCUT2D eigenvalue weighted by atomic mass is 10.1. The minimum absolute atomic E-state index is 0.274. The molecule has 2 aromatic rings. The molecule has 0 spiro atoms. The third kappa shape index (κ3) is 2.75. The van der Waals surface area contributed by atoms with Crippen molar-refractivity contribution >= 4 is 11.9 Å². The van der Waals surface area contributed by atoms with Crippen molar-refractivity contribution in [3.05, 3.63) is 55.3 Å². The van der Waals surface area contributed by atoms with Gasteiger partial charge in [0, 0.05) is 11.8 Å². The second-order valence-corrected chi connectivity index (χ2v) is 3.32. The van der Waals surface area contributed by atoms with Crippen LogP contribution in [0.3, 0.4) is 0 Å². The van der Waals surface area contributed by atoms with Crippen LogP contribution in [0.1, 0.15) is 0 Å². The van der Waals surface area contributed by atoms with Crippen LogP contribution in [0.5, 0.6) is 0 Å². The third-order valence-electron chi connectivity index (χ3n) is 2.15.